The summed E-state index contributed by atoms with van der Waals surface area (Å²) >= 11 is 0. The number of ether oxygens (including phenoxy) is 2. The fourth-order valence-corrected chi connectivity index (χ4v) is 1.60. The van der Waals surface area contributed by atoms with Crippen LogP contribution in [-0.2, 0) is 19.7 Å². The Bertz CT molecular complexity index is 306. The van der Waals surface area contributed by atoms with Gasteiger partial charge in [0.25, 0.3) is 0 Å². The van der Waals surface area contributed by atoms with E-state index in [-0.39, 0.29) is 13.2 Å². The van der Waals surface area contributed by atoms with Crippen LogP contribution in [0.3, 0.4) is 0 Å². The molecule has 8 nitrogen and oxygen atoms in total. The van der Waals surface area contributed by atoms with Gasteiger partial charge in [-0.2, -0.15) is 13.1 Å². The molecular formula is C8H19N3O5S. The van der Waals surface area contributed by atoms with Crippen molar-refractivity contribution in [2.45, 2.75) is 6.92 Å². The van der Waals surface area contributed by atoms with Gasteiger partial charge >= 0.3 is 16.3 Å². The molecule has 102 valence electrons. The second-order valence-corrected chi connectivity index (χ2v) is 4.46. The second-order valence-electron chi connectivity index (χ2n) is 2.96. The maximum Gasteiger partial charge on any atom is 0.421 e. The summed E-state index contributed by atoms with van der Waals surface area (Å²) in [6, 6.07) is 0. The molecule has 0 aromatic carbocycles. The van der Waals surface area contributed by atoms with E-state index in [0.29, 0.717) is 19.7 Å². The van der Waals surface area contributed by atoms with Gasteiger partial charge < -0.3 is 14.8 Å². The van der Waals surface area contributed by atoms with Gasteiger partial charge in [0.05, 0.1) is 13.2 Å². The SMILES string of the molecule is CCOC(=O)NS(=O)(=O)NCCNCCOC. The normalized spacial score (nSPS) is 11.2. The number of carbonyl (C=O) groups is 1. The van der Waals surface area contributed by atoms with Gasteiger partial charge in [-0.3, -0.25) is 0 Å². The molecule has 0 heterocycles. The summed E-state index contributed by atoms with van der Waals surface area (Å²) in [6.45, 7) is 3.47. The molecule has 0 aliphatic heterocycles. The second kappa shape index (κ2) is 9.16. The smallest absolute Gasteiger partial charge is 0.421 e. The first kappa shape index (κ1) is 16.1. The van der Waals surface area contributed by atoms with E-state index in [9.17, 15) is 13.2 Å². The van der Waals surface area contributed by atoms with Gasteiger partial charge in [0, 0.05) is 26.7 Å². The third-order valence-corrected chi connectivity index (χ3v) is 2.59. The van der Waals surface area contributed by atoms with Crippen molar-refractivity contribution in [2.75, 3.05) is 40.0 Å². The van der Waals surface area contributed by atoms with Crippen molar-refractivity contribution >= 4 is 16.3 Å². The zero-order chi connectivity index (χ0) is 13.1. The van der Waals surface area contributed by atoms with Crippen molar-refractivity contribution < 1.29 is 22.7 Å². The van der Waals surface area contributed by atoms with Crippen LogP contribution in [0.1, 0.15) is 6.92 Å². The highest BCUT2D eigenvalue weighted by molar-refractivity contribution is 7.88. The summed E-state index contributed by atoms with van der Waals surface area (Å²) in [5, 5.41) is 2.94. The molecule has 0 aromatic heterocycles. The third kappa shape index (κ3) is 10.00. The minimum Gasteiger partial charge on any atom is -0.449 e. The van der Waals surface area contributed by atoms with Crippen molar-refractivity contribution in [3.05, 3.63) is 0 Å². The molecule has 0 fully saturated rings. The van der Waals surface area contributed by atoms with Gasteiger partial charge in [-0.05, 0) is 6.92 Å². The molecule has 9 heteroatoms. The minimum atomic E-state index is -3.84. The van der Waals surface area contributed by atoms with Crippen molar-refractivity contribution in [3.8, 4) is 0 Å². The predicted octanol–water partition coefficient (Wildman–Crippen LogP) is -1.20. The van der Waals surface area contributed by atoms with E-state index in [1.807, 2.05) is 0 Å². The zero-order valence-electron chi connectivity index (χ0n) is 9.99. The lowest BCUT2D eigenvalue weighted by Crippen LogP contribution is -2.43. The summed E-state index contributed by atoms with van der Waals surface area (Å²) in [7, 11) is -2.26. The molecule has 0 saturated heterocycles. The molecule has 1 amide bonds. The summed E-state index contributed by atoms with van der Waals surface area (Å²) in [4.78, 5) is 10.8. The Morgan fingerprint density at radius 2 is 1.94 bits per heavy atom. The Morgan fingerprint density at radius 1 is 1.24 bits per heavy atom. The molecule has 0 bridgehead atoms. The molecule has 0 unspecified atom stereocenters. The molecule has 0 rings (SSSR count). The standard InChI is InChI=1S/C8H19N3O5S/c1-3-16-8(12)11-17(13,14)10-5-4-9-6-7-15-2/h9-10H,3-7H2,1-2H3,(H,11,12). The summed E-state index contributed by atoms with van der Waals surface area (Å²) < 4.78 is 35.6. The van der Waals surface area contributed by atoms with Crippen LogP contribution in [0.4, 0.5) is 4.79 Å². The molecule has 0 spiro atoms. The highest BCUT2D eigenvalue weighted by atomic mass is 32.2. The monoisotopic (exact) mass is 269 g/mol. The van der Waals surface area contributed by atoms with Gasteiger partial charge in [0.1, 0.15) is 0 Å². The van der Waals surface area contributed by atoms with E-state index in [2.05, 4.69) is 14.8 Å². The molecule has 17 heavy (non-hydrogen) atoms. The molecule has 3 N–H and O–H groups in total. The van der Waals surface area contributed by atoms with Gasteiger partial charge in [0.2, 0.25) is 0 Å². The van der Waals surface area contributed by atoms with E-state index < -0.39 is 16.3 Å². The number of carbonyl (C=O) groups excluding carboxylic acids is 1. The number of hydrogen-bond acceptors (Lipinski definition) is 6. The number of nitrogens with one attached hydrogen (secondary N) is 3. The van der Waals surface area contributed by atoms with E-state index >= 15 is 0 Å². The molecule has 0 aromatic rings. The molecule has 0 aliphatic carbocycles. The fraction of sp³-hybridized carbons (Fsp3) is 0.875. The fourth-order valence-electron chi connectivity index (χ4n) is 0.879. The summed E-state index contributed by atoms with van der Waals surface area (Å²) in [5.41, 5.74) is 0. The van der Waals surface area contributed by atoms with Crippen LogP contribution in [0.15, 0.2) is 0 Å². The lowest BCUT2D eigenvalue weighted by Gasteiger charge is -2.08. The molecular weight excluding hydrogens is 250 g/mol. The molecule has 0 radical (unpaired) electrons. The quantitative estimate of drug-likeness (QED) is 0.454. The van der Waals surface area contributed by atoms with Crippen LogP contribution in [0, 0.1) is 0 Å². The topological polar surface area (TPSA) is 106 Å². The van der Waals surface area contributed by atoms with Gasteiger partial charge in [0.15, 0.2) is 0 Å². The van der Waals surface area contributed by atoms with Crippen molar-refractivity contribution in [1.29, 1.82) is 0 Å². The third-order valence-electron chi connectivity index (χ3n) is 1.57. The Labute approximate surface area is 101 Å². The number of methoxy groups -OCH3 is 1. The molecule has 0 atom stereocenters. The van der Waals surface area contributed by atoms with Crippen LogP contribution in [0.25, 0.3) is 0 Å². The van der Waals surface area contributed by atoms with E-state index in [4.69, 9.17) is 4.74 Å². The lowest BCUT2D eigenvalue weighted by molar-refractivity contribution is 0.158. The van der Waals surface area contributed by atoms with Crippen LogP contribution < -0.4 is 14.8 Å². The maximum atomic E-state index is 11.2. The molecule has 0 aliphatic rings. The van der Waals surface area contributed by atoms with E-state index in [0.717, 1.165) is 0 Å². The number of rotatable bonds is 9. The van der Waals surface area contributed by atoms with E-state index in [1.165, 1.54) is 0 Å². The van der Waals surface area contributed by atoms with Crippen molar-refractivity contribution in [1.82, 2.24) is 14.8 Å². The number of amides is 1. The van der Waals surface area contributed by atoms with Crippen molar-refractivity contribution in [3.63, 3.8) is 0 Å². The summed E-state index contributed by atoms with van der Waals surface area (Å²) in [5.74, 6) is 0. The summed E-state index contributed by atoms with van der Waals surface area (Å²) in [6.07, 6.45) is -0.993. The van der Waals surface area contributed by atoms with Crippen LogP contribution in [0.5, 0.6) is 0 Å². The average Bonchev–Trinajstić information content (AvgIpc) is 2.22. The van der Waals surface area contributed by atoms with Crippen LogP contribution in [0.2, 0.25) is 0 Å². The first-order valence-corrected chi connectivity index (χ1v) is 6.64. The Hall–Kier alpha value is -0.900. The van der Waals surface area contributed by atoms with Crippen LogP contribution >= 0.6 is 0 Å². The zero-order valence-corrected chi connectivity index (χ0v) is 10.8. The van der Waals surface area contributed by atoms with Crippen molar-refractivity contribution in [2.24, 2.45) is 0 Å². The van der Waals surface area contributed by atoms with Crippen LogP contribution in [-0.4, -0.2) is 54.5 Å². The average molecular weight is 269 g/mol. The Morgan fingerprint density at radius 3 is 2.53 bits per heavy atom. The highest BCUT2D eigenvalue weighted by Gasteiger charge is 2.13. The first-order valence-electron chi connectivity index (χ1n) is 5.15. The van der Waals surface area contributed by atoms with Gasteiger partial charge in [-0.1, -0.05) is 0 Å². The lowest BCUT2D eigenvalue weighted by atomic mass is 10.6. The highest BCUT2D eigenvalue weighted by Crippen LogP contribution is 1.81. The van der Waals surface area contributed by atoms with Gasteiger partial charge in [-0.15, -0.1) is 0 Å². The largest absolute Gasteiger partial charge is 0.449 e. The Kier molecular flexibility index (Phi) is 8.68. The Balaban J connectivity index is 3.68. The van der Waals surface area contributed by atoms with Gasteiger partial charge in [-0.25, -0.2) is 9.52 Å². The maximum absolute atomic E-state index is 11.2. The number of hydrogen-bond donors (Lipinski definition) is 3. The van der Waals surface area contributed by atoms with E-state index in [1.54, 1.807) is 18.8 Å². The molecule has 0 saturated carbocycles. The predicted molar refractivity (Wildman–Crippen MR) is 61.8 cm³/mol. The minimum absolute atomic E-state index is 0.111. The first-order chi connectivity index (χ1) is 8.02.